The Bertz CT molecular complexity index is 484. The molecule has 10 nitrogen and oxygen atoms in total. The van der Waals surface area contributed by atoms with Crippen molar-refractivity contribution in [2.45, 2.75) is 75.0 Å². The van der Waals surface area contributed by atoms with Gasteiger partial charge in [0.25, 0.3) is 0 Å². The lowest BCUT2D eigenvalue weighted by Gasteiger charge is -2.47. The van der Waals surface area contributed by atoms with Gasteiger partial charge in [0.1, 0.15) is 42.7 Å². The van der Waals surface area contributed by atoms with Crippen LogP contribution < -0.4 is 5.32 Å². The van der Waals surface area contributed by atoms with E-state index in [0.29, 0.717) is 0 Å². The lowest BCUT2D eigenvalue weighted by molar-refractivity contribution is -0.315. The van der Waals surface area contributed by atoms with Gasteiger partial charge in [-0.25, -0.2) is 0 Å². The first-order chi connectivity index (χ1) is 12.2. The molecule has 0 aromatic carbocycles. The highest BCUT2D eigenvalue weighted by Gasteiger charge is 2.50. The molecule has 152 valence electrons. The van der Waals surface area contributed by atoms with Crippen molar-refractivity contribution in [3.63, 3.8) is 0 Å². The van der Waals surface area contributed by atoms with Gasteiger partial charge in [0.2, 0.25) is 5.91 Å². The Morgan fingerprint density at radius 1 is 1.08 bits per heavy atom. The van der Waals surface area contributed by atoms with E-state index in [2.05, 4.69) is 17.9 Å². The SMILES string of the molecule is CC(=O)NC1C(OC2C(O)C(C)OC(CO)C2O)OC(CS)C(O)C1O. The second-order valence-corrected chi connectivity index (χ2v) is 6.94. The molecule has 0 aromatic rings. The van der Waals surface area contributed by atoms with Crippen LogP contribution in [-0.2, 0) is 19.0 Å². The molecule has 26 heavy (non-hydrogen) atoms. The zero-order chi connectivity index (χ0) is 19.6. The summed E-state index contributed by atoms with van der Waals surface area (Å²) in [6.45, 7) is 2.29. The number of hydrogen-bond donors (Lipinski definition) is 7. The van der Waals surface area contributed by atoms with E-state index in [0.717, 1.165) is 0 Å². The summed E-state index contributed by atoms with van der Waals surface area (Å²) in [6.07, 6.45) is -10.4. The fraction of sp³-hybridized carbons (Fsp3) is 0.933. The Morgan fingerprint density at radius 3 is 2.27 bits per heavy atom. The van der Waals surface area contributed by atoms with Crippen LogP contribution in [0.4, 0.5) is 0 Å². The van der Waals surface area contributed by atoms with Crippen molar-refractivity contribution in [1.82, 2.24) is 5.32 Å². The fourth-order valence-corrected chi connectivity index (χ4v) is 3.47. The molecule has 0 aromatic heterocycles. The molecule has 0 aliphatic carbocycles. The maximum absolute atomic E-state index is 11.5. The first-order valence-electron chi connectivity index (χ1n) is 8.38. The number of carbonyl (C=O) groups is 1. The molecular weight excluding hydrogens is 370 g/mol. The van der Waals surface area contributed by atoms with Crippen LogP contribution in [0.1, 0.15) is 13.8 Å². The average Bonchev–Trinajstić information content (AvgIpc) is 2.60. The standard InChI is InChI=1S/C15H27NO9S/c1-5-10(19)14(12(21)7(3-17)23-5)25-15-9(16-6(2)18)13(22)11(20)8(4-26)24-15/h5,7-15,17,19-22,26H,3-4H2,1-2H3,(H,16,18). The molecule has 0 spiro atoms. The molecule has 2 aliphatic heterocycles. The quantitative estimate of drug-likeness (QED) is 0.237. The number of hydrogen-bond acceptors (Lipinski definition) is 10. The number of nitrogens with one attached hydrogen (secondary N) is 1. The number of carbonyl (C=O) groups excluding carboxylic acids is 1. The number of ether oxygens (including phenoxy) is 3. The lowest BCUT2D eigenvalue weighted by atomic mass is 9.94. The van der Waals surface area contributed by atoms with E-state index in [-0.39, 0.29) is 5.75 Å². The van der Waals surface area contributed by atoms with Crippen molar-refractivity contribution in [2.24, 2.45) is 0 Å². The Morgan fingerprint density at radius 2 is 1.73 bits per heavy atom. The molecule has 1 amide bonds. The molecule has 11 heteroatoms. The van der Waals surface area contributed by atoms with E-state index in [4.69, 9.17) is 14.2 Å². The lowest BCUT2D eigenvalue weighted by Crippen LogP contribution is -2.67. The van der Waals surface area contributed by atoms with Gasteiger partial charge in [-0.3, -0.25) is 4.79 Å². The van der Waals surface area contributed by atoms with E-state index < -0.39 is 73.7 Å². The zero-order valence-corrected chi connectivity index (χ0v) is 15.4. The third kappa shape index (κ3) is 4.49. The highest BCUT2D eigenvalue weighted by Crippen LogP contribution is 2.29. The Labute approximate surface area is 156 Å². The van der Waals surface area contributed by atoms with Crippen LogP contribution in [0.15, 0.2) is 0 Å². The number of aliphatic hydroxyl groups excluding tert-OH is 5. The molecule has 10 atom stereocenters. The van der Waals surface area contributed by atoms with Crippen molar-refractivity contribution in [2.75, 3.05) is 12.4 Å². The Balaban J connectivity index is 2.22. The molecule has 2 aliphatic rings. The van der Waals surface area contributed by atoms with E-state index in [9.17, 15) is 30.3 Å². The Hall–Kier alpha value is -0.500. The molecule has 2 heterocycles. The minimum absolute atomic E-state index is 0.0689. The highest BCUT2D eigenvalue weighted by atomic mass is 32.1. The summed E-state index contributed by atoms with van der Waals surface area (Å²) in [7, 11) is 0. The molecule has 0 radical (unpaired) electrons. The topological polar surface area (TPSA) is 158 Å². The Kier molecular flexibility index (Phi) is 7.65. The number of aliphatic hydroxyl groups is 5. The molecule has 10 unspecified atom stereocenters. The second kappa shape index (κ2) is 9.13. The molecular formula is C15H27NO9S. The minimum Gasteiger partial charge on any atom is -0.394 e. The van der Waals surface area contributed by atoms with Crippen LogP contribution in [0, 0.1) is 0 Å². The van der Waals surface area contributed by atoms with Crippen LogP contribution in [0.25, 0.3) is 0 Å². The molecule has 2 fully saturated rings. The van der Waals surface area contributed by atoms with Crippen molar-refractivity contribution in [3.05, 3.63) is 0 Å². The third-order valence-corrected chi connectivity index (χ3v) is 5.01. The predicted molar refractivity (Wildman–Crippen MR) is 90.4 cm³/mol. The number of amides is 1. The normalized spacial score (nSPS) is 46.8. The van der Waals surface area contributed by atoms with Gasteiger partial charge < -0.3 is 45.1 Å². The van der Waals surface area contributed by atoms with Crippen LogP contribution in [-0.4, -0.2) is 105 Å². The smallest absolute Gasteiger partial charge is 0.217 e. The minimum atomic E-state index is -1.41. The first-order valence-corrected chi connectivity index (χ1v) is 9.02. The van der Waals surface area contributed by atoms with E-state index in [1.165, 1.54) is 6.92 Å². The average molecular weight is 397 g/mol. The second-order valence-electron chi connectivity index (χ2n) is 6.58. The van der Waals surface area contributed by atoms with Gasteiger partial charge in [-0.2, -0.15) is 12.6 Å². The fourth-order valence-electron chi connectivity index (χ4n) is 3.17. The predicted octanol–water partition coefficient (Wildman–Crippen LogP) is -3.25. The summed E-state index contributed by atoms with van der Waals surface area (Å²) in [4.78, 5) is 11.5. The van der Waals surface area contributed by atoms with Crippen LogP contribution >= 0.6 is 12.6 Å². The summed E-state index contributed by atoms with van der Waals surface area (Å²) in [5.74, 6) is -0.420. The van der Waals surface area contributed by atoms with Gasteiger partial charge in [0, 0.05) is 12.7 Å². The summed E-state index contributed by atoms with van der Waals surface area (Å²) >= 11 is 4.06. The van der Waals surface area contributed by atoms with E-state index >= 15 is 0 Å². The number of thiol groups is 1. The maximum atomic E-state index is 11.5. The van der Waals surface area contributed by atoms with Crippen molar-refractivity contribution >= 4 is 18.5 Å². The van der Waals surface area contributed by atoms with Gasteiger partial charge in [0.05, 0.1) is 18.8 Å². The summed E-state index contributed by atoms with van der Waals surface area (Å²) in [6, 6.07) is -1.14. The van der Waals surface area contributed by atoms with Crippen molar-refractivity contribution in [3.8, 4) is 0 Å². The van der Waals surface area contributed by atoms with Gasteiger partial charge in [0.15, 0.2) is 6.29 Å². The molecule has 6 N–H and O–H groups in total. The van der Waals surface area contributed by atoms with E-state index in [1.807, 2.05) is 0 Å². The van der Waals surface area contributed by atoms with Gasteiger partial charge in [-0.15, -0.1) is 0 Å². The largest absolute Gasteiger partial charge is 0.394 e. The third-order valence-electron chi connectivity index (χ3n) is 4.65. The van der Waals surface area contributed by atoms with Gasteiger partial charge >= 0.3 is 0 Å². The first kappa shape index (κ1) is 21.8. The van der Waals surface area contributed by atoms with Crippen LogP contribution in [0.3, 0.4) is 0 Å². The monoisotopic (exact) mass is 397 g/mol. The highest BCUT2D eigenvalue weighted by molar-refractivity contribution is 7.80. The van der Waals surface area contributed by atoms with E-state index in [1.54, 1.807) is 6.92 Å². The maximum Gasteiger partial charge on any atom is 0.217 e. The van der Waals surface area contributed by atoms with Crippen LogP contribution in [0.5, 0.6) is 0 Å². The summed E-state index contributed by atoms with van der Waals surface area (Å²) in [5, 5.41) is 52.8. The van der Waals surface area contributed by atoms with Gasteiger partial charge in [-0.05, 0) is 6.92 Å². The van der Waals surface area contributed by atoms with Crippen molar-refractivity contribution < 1.29 is 44.5 Å². The zero-order valence-electron chi connectivity index (χ0n) is 14.5. The molecule has 0 saturated carbocycles. The molecule has 2 rings (SSSR count). The van der Waals surface area contributed by atoms with Crippen LogP contribution in [0.2, 0.25) is 0 Å². The van der Waals surface area contributed by atoms with Crippen molar-refractivity contribution in [1.29, 1.82) is 0 Å². The molecule has 0 bridgehead atoms. The summed E-state index contributed by atoms with van der Waals surface area (Å²) in [5.41, 5.74) is 0. The van der Waals surface area contributed by atoms with Gasteiger partial charge in [-0.1, -0.05) is 0 Å². The molecule has 2 saturated heterocycles. The summed E-state index contributed by atoms with van der Waals surface area (Å²) < 4.78 is 16.6. The number of rotatable bonds is 5.